The third-order valence-corrected chi connectivity index (χ3v) is 7.38. The van der Waals surface area contributed by atoms with E-state index in [1.165, 1.54) is 165 Å². The van der Waals surface area contributed by atoms with E-state index in [4.69, 9.17) is 0 Å². The number of hydrogen-bond acceptors (Lipinski definition) is 0. The van der Waals surface area contributed by atoms with Crippen LogP contribution in [0.1, 0.15) is 163 Å². The summed E-state index contributed by atoms with van der Waals surface area (Å²) >= 11 is 0. The Bertz CT molecular complexity index is 272. The van der Waals surface area contributed by atoms with Gasteiger partial charge >= 0.3 is 0 Å². The van der Waals surface area contributed by atoms with Gasteiger partial charge in [-0.3, -0.25) is 0 Å². The lowest BCUT2D eigenvalue weighted by Crippen LogP contribution is -3.00. The van der Waals surface area contributed by atoms with Crippen molar-refractivity contribution in [3.63, 3.8) is 0 Å². The van der Waals surface area contributed by atoms with Gasteiger partial charge in [0, 0.05) is 0 Å². The number of quaternary nitrogens is 1. The molecule has 0 aliphatic heterocycles. The molecule has 0 aliphatic carbocycles. The molecule has 0 aromatic rings. The Kier molecular flexibility index (Phi) is 28.6. The zero-order valence-corrected chi connectivity index (χ0v) is 23.3. The van der Waals surface area contributed by atoms with Gasteiger partial charge in [-0.25, -0.2) is 0 Å². The second kappa shape index (κ2) is 26.5. The van der Waals surface area contributed by atoms with Gasteiger partial charge in [0.25, 0.3) is 0 Å². The minimum absolute atomic E-state index is 0. The van der Waals surface area contributed by atoms with Crippen LogP contribution in [0.25, 0.3) is 0 Å². The standard InChI is InChI=1S/C29H62N.ClH/c1-5-9-12-15-18-21-24-27-30(8-4,28-25-22-19-16-13-10-6-2)29-26-23-20-17-14-11-7-3;/h5-29H2,1-4H3;1H/q+1;/p-1. The van der Waals surface area contributed by atoms with Crippen LogP contribution in [0.5, 0.6) is 0 Å². The third-order valence-electron chi connectivity index (χ3n) is 7.38. The van der Waals surface area contributed by atoms with Gasteiger partial charge in [0.05, 0.1) is 26.2 Å². The van der Waals surface area contributed by atoms with Crippen LogP contribution in [0, 0.1) is 0 Å². The fourth-order valence-corrected chi connectivity index (χ4v) is 5.02. The van der Waals surface area contributed by atoms with E-state index in [1.54, 1.807) is 0 Å². The molecule has 0 heterocycles. The summed E-state index contributed by atoms with van der Waals surface area (Å²) in [5, 5.41) is 0. The molecule has 0 rings (SSSR count). The Hall–Kier alpha value is 0.250. The number of nitrogens with zero attached hydrogens (tertiary/aromatic N) is 1. The minimum Gasteiger partial charge on any atom is -1.00 e. The van der Waals surface area contributed by atoms with Gasteiger partial charge in [0.2, 0.25) is 0 Å². The number of hydrogen-bond donors (Lipinski definition) is 0. The predicted octanol–water partition coefficient (Wildman–Crippen LogP) is 7.08. The molecule has 31 heavy (non-hydrogen) atoms. The van der Waals surface area contributed by atoms with Crippen LogP contribution in [0.2, 0.25) is 0 Å². The molecular weight excluding hydrogens is 398 g/mol. The molecule has 0 unspecified atom stereocenters. The van der Waals surface area contributed by atoms with Crippen LogP contribution in [0.15, 0.2) is 0 Å². The molecule has 0 aromatic carbocycles. The number of halogens is 1. The van der Waals surface area contributed by atoms with E-state index in [-0.39, 0.29) is 12.4 Å². The van der Waals surface area contributed by atoms with Crippen molar-refractivity contribution in [2.24, 2.45) is 0 Å². The molecule has 0 atom stereocenters. The van der Waals surface area contributed by atoms with E-state index >= 15 is 0 Å². The van der Waals surface area contributed by atoms with Crippen molar-refractivity contribution in [1.82, 2.24) is 0 Å². The van der Waals surface area contributed by atoms with E-state index in [0.717, 1.165) is 0 Å². The maximum Gasteiger partial charge on any atom is 0.0786 e. The van der Waals surface area contributed by atoms with Gasteiger partial charge in [0.1, 0.15) is 0 Å². The summed E-state index contributed by atoms with van der Waals surface area (Å²) in [6.07, 6.45) is 30.4. The molecule has 0 spiro atoms. The molecule has 0 radical (unpaired) electrons. The molecule has 0 saturated carbocycles. The van der Waals surface area contributed by atoms with Crippen molar-refractivity contribution >= 4 is 0 Å². The lowest BCUT2D eigenvalue weighted by atomic mass is 10.1. The fraction of sp³-hybridized carbons (Fsp3) is 1.00. The van der Waals surface area contributed by atoms with E-state index in [0.29, 0.717) is 0 Å². The van der Waals surface area contributed by atoms with Crippen LogP contribution in [-0.2, 0) is 0 Å². The summed E-state index contributed by atoms with van der Waals surface area (Å²) in [5.74, 6) is 0. The average Bonchev–Trinajstić information content (AvgIpc) is 2.76. The summed E-state index contributed by atoms with van der Waals surface area (Å²) in [6, 6.07) is 0. The lowest BCUT2D eigenvalue weighted by Gasteiger charge is -2.38. The van der Waals surface area contributed by atoms with Crippen molar-refractivity contribution in [1.29, 1.82) is 0 Å². The first-order valence-electron chi connectivity index (χ1n) is 14.6. The van der Waals surface area contributed by atoms with Gasteiger partial charge in [-0.05, 0) is 45.4 Å². The van der Waals surface area contributed by atoms with Crippen LogP contribution in [-0.4, -0.2) is 30.7 Å². The first-order valence-corrected chi connectivity index (χ1v) is 14.6. The number of unbranched alkanes of at least 4 members (excludes halogenated alkanes) is 18. The SMILES string of the molecule is CCCCCCCCC[N+](CC)(CCCCCCCCC)CCCCCCCCC.[Cl-]. The van der Waals surface area contributed by atoms with Crippen LogP contribution >= 0.6 is 0 Å². The van der Waals surface area contributed by atoms with Crippen LogP contribution in [0.3, 0.4) is 0 Å². The van der Waals surface area contributed by atoms with E-state index in [2.05, 4.69) is 27.7 Å². The van der Waals surface area contributed by atoms with Gasteiger partial charge in [-0.2, -0.15) is 0 Å². The molecular formula is C29H62ClN. The smallest absolute Gasteiger partial charge is 0.0786 e. The Balaban J connectivity index is 0. The molecule has 0 amide bonds. The first kappa shape index (κ1) is 33.4. The molecule has 2 heteroatoms. The normalized spacial score (nSPS) is 11.6. The predicted molar refractivity (Wildman–Crippen MR) is 139 cm³/mol. The highest BCUT2D eigenvalue weighted by Crippen LogP contribution is 2.18. The zero-order valence-electron chi connectivity index (χ0n) is 22.5. The van der Waals surface area contributed by atoms with Crippen molar-refractivity contribution in [2.75, 3.05) is 26.2 Å². The van der Waals surface area contributed by atoms with Gasteiger partial charge in [0.15, 0.2) is 0 Å². The largest absolute Gasteiger partial charge is 1.00 e. The second-order valence-corrected chi connectivity index (χ2v) is 10.2. The summed E-state index contributed by atoms with van der Waals surface area (Å²) in [4.78, 5) is 0. The minimum atomic E-state index is 0. The maximum absolute atomic E-state index is 2.48. The molecule has 0 N–H and O–H groups in total. The Labute approximate surface area is 205 Å². The van der Waals surface area contributed by atoms with Gasteiger partial charge in [-0.15, -0.1) is 0 Å². The Morgan fingerprint density at radius 1 is 0.323 bits per heavy atom. The zero-order chi connectivity index (χ0) is 22.2. The number of rotatable bonds is 25. The molecule has 0 saturated heterocycles. The van der Waals surface area contributed by atoms with Gasteiger partial charge < -0.3 is 16.9 Å². The molecule has 1 nitrogen and oxygen atoms in total. The van der Waals surface area contributed by atoms with E-state index < -0.39 is 0 Å². The fourth-order valence-electron chi connectivity index (χ4n) is 5.02. The van der Waals surface area contributed by atoms with Crippen LogP contribution in [0.4, 0.5) is 0 Å². The highest BCUT2D eigenvalue weighted by Gasteiger charge is 2.23. The quantitative estimate of drug-likeness (QED) is 0.101. The van der Waals surface area contributed by atoms with E-state index in [1.807, 2.05) is 0 Å². The average molecular weight is 460 g/mol. The third kappa shape index (κ3) is 21.8. The summed E-state index contributed by atoms with van der Waals surface area (Å²) in [7, 11) is 0. The van der Waals surface area contributed by atoms with Crippen molar-refractivity contribution < 1.29 is 16.9 Å². The summed E-state index contributed by atoms with van der Waals surface area (Å²) in [6.45, 7) is 15.2. The topological polar surface area (TPSA) is 0 Å². The molecule has 0 aromatic heterocycles. The molecule has 190 valence electrons. The van der Waals surface area contributed by atoms with Crippen molar-refractivity contribution in [3.05, 3.63) is 0 Å². The second-order valence-electron chi connectivity index (χ2n) is 10.2. The van der Waals surface area contributed by atoms with Crippen molar-refractivity contribution in [2.45, 2.75) is 163 Å². The highest BCUT2D eigenvalue weighted by atomic mass is 35.5. The summed E-state index contributed by atoms with van der Waals surface area (Å²) < 4.78 is 1.43. The Morgan fingerprint density at radius 2 is 0.548 bits per heavy atom. The highest BCUT2D eigenvalue weighted by molar-refractivity contribution is 4.53. The molecule has 0 aliphatic rings. The maximum atomic E-state index is 2.48. The monoisotopic (exact) mass is 459 g/mol. The summed E-state index contributed by atoms with van der Waals surface area (Å²) in [5.41, 5.74) is 0. The van der Waals surface area contributed by atoms with Crippen LogP contribution < -0.4 is 12.4 Å². The molecule has 0 fully saturated rings. The first-order chi connectivity index (χ1) is 14.7. The lowest BCUT2D eigenvalue weighted by molar-refractivity contribution is -0.927. The van der Waals surface area contributed by atoms with Gasteiger partial charge in [-0.1, -0.05) is 117 Å². The molecule has 0 bridgehead atoms. The van der Waals surface area contributed by atoms with E-state index in [9.17, 15) is 0 Å². The Morgan fingerprint density at radius 3 is 0.774 bits per heavy atom. The van der Waals surface area contributed by atoms with Crippen molar-refractivity contribution in [3.8, 4) is 0 Å².